The molecule has 0 amide bonds. The van der Waals surface area contributed by atoms with Gasteiger partial charge in [0.2, 0.25) is 5.90 Å². The Bertz CT molecular complexity index is 444. The SMILES string of the molecule is Fc1cc(F)c(C2=NCCO2)c(F)c1F. The molecule has 0 spiro atoms. The number of ether oxygens (including phenoxy) is 1. The normalized spacial score (nSPS) is 15.1. The molecule has 1 aromatic rings. The molecule has 0 saturated heterocycles. The Morgan fingerprint density at radius 2 is 1.80 bits per heavy atom. The number of halogens is 4. The molecule has 0 aromatic heterocycles. The molecule has 1 aromatic carbocycles. The first-order valence-electron chi connectivity index (χ1n) is 4.12. The van der Waals surface area contributed by atoms with E-state index in [1.54, 1.807) is 0 Å². The Hall–Kier alpha value is -1.59. The minimum absolute atomic E-state index is 0.174. The van der Waals surface area contributed by atoms with Crippen molar-refractivity contribution >= 4 is 5.90 Å². The van der Waals surface area contributed by atoms with Crippen molar-refractivity contribution in [1.82, 2.24) is 0 Å². The summed E-state index contributed by atoms with van der Waals surface area (Å²) in [5, 5.41) is 0. The minimum atomic E-state index is -1.73. The van der Waals surface area contributed by atoms with Gasteiger partial charge >= 0.3 is 0 Å². The molecule has 15 heavy (non-hydrogen) atoms. The molecule has 0 saturated carbocycles. The maximum absolute atomic E-state index is 13.2. The van der Waals surface area contributed by atoms with Crippen LogP contribution in [0.2, 0.25) is 0 Å². The maximum atomic E-state index is 13.2. The highest BCUT2D eigenvalue weighted by atomic mass is 19.2. The van der Waals surface area contributed by atoms with Crippen molar-refractivity contribution in [2.45, 2.75) is 0 Å². The zero-order valence-electron chi connectivity index (χ0n) is 7.36. The number of hydrogen-bond acceptors (Lipinski definition) is 2. The van der Waals surface area contributed by atoms with E-state index >= 15 is 0 Å². The van der Waals surface area contributed by atoms with E-state index in [1.807, 2.05) is 0 Å². The molecule has 0 unspecified atom stereocenters. The number of rotatable bonds is 1. The molecule has 2 rings (SSSR count). The second kappa shape index (κ2) is 3.52. The van der Waals surface area contributed by atoms with Crippen molar-refractivity contribution in [3.63, 3.8) is 0 Å². The summed E-state index contributed by atoms with van der Waals surface area (Å²) >= 11 is 0. The molecule has 80 valence electrons. The standard InChI is InChI=1S/C9H5F4NO/c10-4-3-5(11)7(12)8(13)6(4)9-14-1-2-15-9/h3H,1-2H2. The van der Waals surface area contributed by atoms with Gasteiger partial charge in [-0.1, -0.05) is 0 Å². The van der Waals surface area contributed by atoms with Crippen LogP contribution >= 0.6 is 0 Å². The summed E-state index contributed by atoms with van der Waals surface area (Å²) in [6, 6.07) is 0.262. The summed E-state index contributed by atoms with van der Waals surface area (Å²) in [5.41, 5.74) is -0.758. The van der Waals surface area contributed by atoms with Crippen molar-refractivity contribution in [3.05, 3.63) is 34.9 Å². The molecule has 0 bridgehead atoms. The van der Waals surface area contributed by atoms with E-state index in [0.717, 1.165) is 0 Å². The first-order chi connectivity index (χ1) is 7.11. The smallest absolute Gasteiger partial charge is 0.222 e. The van der Waals surface area contributed by atoms with Crippen molar-refractivity contribution in [2.24, 2.45) is 4.99 Å². The monoisotopic (exact) mass is 219 g/mol. The Kier molecular flexibility index (Phi) is 2.34. The van der Waals surface area contributed by atoms with Gasteiger partial charge < -0.3 is 4.74 Å². The van der Waals surface area contributed by atoms with E-state index in [4.69, 9.17) is 4.74 Å². The quantitative estimate of drug-likeness (QED) is 0.402. The summed E-state index contributed by atoms with van der Waals surface area (Å²) in [6.45, 7) is 0.417. The van der Waals surface area contributed by atoms with Gasteiger partial charge in [-0.25, -0.2) is 22.6 Å². The zero-order chi connectivity index (χ0) is 11.0. The molecule has 1 aliphatic rings. The third-order valence-electron chi connectivity index (χ3n) is 1.91. The fraction of sp³-hybridized carbons (Fsp3) is 0.222. The van der Waals surface area contributed by atoms with E-state index in [2.05, 4.69) is 4.99 Å². The van der Waals surface area contributed by atoms with E-state index < -0.39 is 28.8 Å². The average Bonchev–Trinajstić information content (AvgIpc) is 2.68. The summed E-state index contributed by atoms with van der Waals surface area (Å²) in [6.07, 6.45) is 0. The predicted octanol–water partition coefficient (Wildman–Crippen LogP) is 2.02. The lowest BCUT2D eigenvalue weighted by atomic mass is 10.2. The zero-order valence-corrected chi connectivity index (χ0v) is 7.36. The number of benzene rings is 1. The maximum Gasteiger partial charge on any atom is 0.222 e. The van der Waals surface area contributed by atoms with Crippen LogP contribution in [0, 0.1) is 23.3 Å². The molecule has 2 nitrogen and oxygen atoms in total. The predicted molar refractivity (Wildman–Crippen MR) is 43.6 cm³/mol. The molecular weight excluding hydrogens is 214 g/mol. The van der Waals surface area contributed by atoms with Gasteiger partial charge in [-0.05, 0) is 0 Å². The largest absolute Gasteiger partial charge is 0.475 e. The second-order valence-corrected chi connectivity index (χ2v) is 2.88. The van der Waals surface area contributed by atoms with Crippen LogP contribution in [0.25, 0.3) is 0 Å². The van der Waals surface area contributed by atoms with Crippen molar-refractivity contribution in [3.8, 4) is 0 Å². The molecule has 0 aliphatic carbocycles. The Morgan fingerprint density at radius 3 is 2.40 bits per heavy atom. The van der Waals surface area contributed by atoms with Crippen LogP contribution in [-0.4, -0.2) is 19.0 Å². The molecule has 1 aliphatic heterocycles. The Morgan fingerprint density at radius 1 is 1.07 bits per heavy atom. The van der Waals surface area contributed by atoms with Crippen LogP contribution in [0.1, 0.15) is 5.56 Å². The highest BCUT2D eigenvalue weighted by Crippen LogP contribution is 2.21. The van der Waals surface area contributed by atoms with E-state index in [9.17, 15) is 17.6 Å². The molecule has 0 N–H and O–H groups in total. The van der Waals surface area contributed by atoms with Gasteiger partial charge in [0.1, 0.15) is 18.0 Å². The van der Waals surface area contributed by atoms with Crippen LogP contribution < -0.4 is 0 Å². The molecule has 6 heteroatoms. The summed E-state index contributed by atoms with van der Waals surface area (Å²) < 4.78 is 56.4. The van der Waals surface area contributed by atoms with Crippen molar-refractivity contribution in [2.75, 3.05) is 13.2 Å². The summed E-state index contributed by atoms with van der Waals surface area (Å²) in [5.74, 6) is -6.49. The fourth-order valence-corrected chi connectivity index (χ4v) is 1.25. The second-order valence-electron chi connectivity index (χ2n) is 2.88. The molecular formula is C9H5F4NO. The minimum Gasteiger partial charge on any atom is -0.475 e. The summed E-state index contributed by atoms with van der Waals surface area (Å²) in [4.78, 5) is 3.62. The summed E-state index contributed by atoms with van der Waals surface area (Å²) in [7, 11) is 0. The van der Waals surface area contributed by atoms with Crippen LogP contribution in [0.15, 0.2) is 11.1 Å². The van der Waals surface area contributed by atoms with E-state index in [-0.39, 0.29) is 25.1 Å². The van der Waals surface area contributed by atoms with Crippen LogP contribution in [-0.2, 0) is 4.74 Å². The molecule has 0 fully saturated rings. The van der Waals surface area contributed by atoms with E-state index in [0.29, 0.717) is 0 Å². The average molecular weight is 219 g/mol. The molecule has 0 atom stereocenters. The Labute approximate surface area is 82.2 Å². The topological polar surface area (TPSA) is 21.6 Å². The highest BCUT2D eigenvalue weighted by Gasteiger charge is 2.25. The van der Waals surface area contributed by atoms with Crippen LogP contribution in [0.5, 0.6) is 0 Å². The van der Waals surface area contributed by atoms with Gasteiger partial charge in [-0.2, -0.15) is 0 Å². The fourth-order valence-electron chi connectivity index (χ4n) is 1.25. The highest BCUT2D eigenvalue weighted by molar-refractivity contribution is 5.95. The van der Waals surface area contributed by atoms with Gasteiger partial charge in [0, 0.05) is 6.07 Å². The third-order valence-corrected chi connectivity index (χ3v) is 1.91. The van der Waals surface area contributed by atoms with Gasteiger partial charge in [-0.15, -0.1) is 0 Å². The number of aliphatic imine (C=N–C) groups is 1. The number of nitrogens with zero attached hydrogens (tertiary/aromatic N) is 1. The van der Waals surface area contributed by atoms with Crippen LogP contribution in [0.3, 0.4) is 0 Å². The van der Waals surface area contributed by atoms with Gasteiger partial charge in [0.25, 0.3) is 0 Å². The first kappa shape index (κ1) is 9.95. The van der Waals surface area contributed by atoms with Crippen molar-refractivity contribution < 1.29 is 22.3 Å². The number of hydrogen-bond donors (Lipinski definition) is 0. The van der Waals surface area contributed by atoms with Gasteiger partial charge in [0.05, 0.1) is 6.54 Å². The lowest BCUT2D eigenvalue weighted by molar-refractivity contribution is 0.342. The van der Waals surface area contributed by atoms with Gasteiger partial charge in [0.15, 0.2) is 17.5 Å². The third kappa shape index (κ3) is 1.55. The van der Waals surface area contributed by atoms with Gasteiger partial charge in [-0.3, -0.25) is 0 Å². The van der Waals surface area contributed by atoms with Crippen LogP contribution in [0.4, 0.5) is 17.6 Å². The molecule has 1 heterocycles. The van der Waals surface area contributed by atoms with Crippen molar-refractivity contribution in [1.29, 1.82) is 0 Å². The molecule has 0 radical (unpaired) electrons. The first-order valence-corrected chi connectivity index (χ1v) is 4.12. The lowest BCUT2D eigenvalue weighted by Crippen LogP contribution is -2.10. The Balaban J connectivity index is 2.60. The van der Waals surface area contributed by atoms with E-state index in [1.165, 1.54) is 0 Å². The lowest BCUT2D eigenvalue weighted by Gasteiger charge is -2.05.